The van der Waals surface area contributed by atoms with Crippen LogP contribution in [-0.4, -0.2) is 34.9 Å². The van der Waals surface area contributed by atoms with Crippen LogP contribution in [0.2, 0.25) is 0 Å². The van der Waals surface area contributed by atoms with Gasteiger partial charge in [0, 0.05) is 17.2 Å². The van der Waals surface area contributed by atoms with Crippen LogP contribution >= 0.6 is 11.8 Å². The molecule has 6 nitrogen and oxygen atoms in total. The van der Waals surface area contributed by atoms with E-state index in [2.05, 4.69) is 5.32 Å². The smallest absolute Gasteiger partial charge is 0.304 e. The lowest BCUT2D eigenvalue weighted by Crippen LogP contribution is -2.46. The highest BCUT2D eigenvalue weighted by Gasteiger charge is 2.34. The summed E-state index contributed by atoms with van der Waals surface area (Å²) in [4.78, 5) is 23.2. The van der Waals surface area contributed by atoms with E-state index in [0.717, 1.165) is 5.56 Å². The minimum absolute atomic E-state index is 0.138. The first-order chi connectivity index (χ1) is 13.0. The van der Waals surface area contributed by atoms with Crippen LogP contribution in [0.25, 0.3) is 0 Å². The van der Waals surface area contributed by atoms with E-state index in [1.807, 2.05) is 42.5 Å². The van der Waals surface area contributed by atoms with E-state index in [9.17, 15) is 9.59 Å². The number of carbonyl (C=O) groups is 2. The molecule has 0 bridgehead atoms. The van der Waals surface area contributed by atoms with Crippen LogP contribution in [0, 0.1) is 0 Å². The van der Waals surface area contributed by atoms with Crippen molar-refractivity contribution in [1.82, 2.24) is 0 Å². The van der Waals surface area contributed by atoms with Crippen molar-refractivity contribution in [3.63, 3.8) is 0 Å². The number of hydrogen-bond donors (Lipinski definition) is 2. The van der Waals surface area contributed by atoms with Gasteiger partial charge in [0.25, 0.3) is 5.91 Å². The fourth-order valence-electron chi connectivity index (χ4n) is 2.71. The molecule has 1 aliphatic rings. The average molecular weight is 387 g/mol. The number of anilines is 1. The molecule has 0 spiro atoms. The highest BCUT2D eigenvalue weighted by molar-refractivity contribution is 7.98. The number of rotatable bonds is 7. The summed E-state index contributed by atoms with van der Waals surface area (Å²) in [5.74, 6) is 1.36. The summed E-state index contributed by atoms with van der Waals surface area (Å²) in [7, 11) is 0. The van der Waals surface area contributed by atoms with Gasteiger partial charge in [0.05, 0.1) is 6.42 Å². The quantitative estimate of drug-likeness (QED) is 0.707. The highest BCUT2D eigenvalue weighted by Crippen LogP contribution is 2.33. The largest absolute Gasteiger partial charge is 0.482 e. The molecule has 2 aromatic carbocycles. The van der Waals surface area contributed by atoms with Gasteiger partial charge in [0.1, 0.15) is 6.10 Å². The van der Waals surface area contributed by atoms with E-state index in [-0.39, 0.29) is 12.3 Å². The summed E-state index contributed by atoms with van der Waals surface area (Å²) >= 11 is 1.54. The summed E-state index contributed by atoms with van der Waals surface area (Å²) < 4.78 is 11.6. The number of aliphatic carboxylic acids is 1. The Kier molecular flexibility index (Phi) is 6.24. The van der Waals surface area contributed by atoms with Gasteiger partial charge >= 0.3 is 5.97 Å². The maximum absolute atomic E-state index is 12.6. The topological polar surface area (TPSA) is 84.9 Å². The predicted octanol–water partition coefficient (Wildman–Crippen LogP) is 3.56. The Hall–Kier alpha value is -2.67. The number of hydrogen-bond acceptors (Lipinski definition) is 5. The van der Waals surface area contributed by atoms with Crippen LogP contribution in [0.4, 0.5) is 5.69 Å². The monoisotopic (exact) mass is 387 g/mol. The number of benzene rings is 2. The second kappa shape index (κ2) is 8.81. The molecule has 0 aliphatic carbocycles. The standard InChI is InChI=1S/C20H21NO5S/c1-13-19(26-17-8-3-2-7-16(17)25-13)20(24)21-15-6-4-5-14(11-15)12-27-10-9-18(22)23/h2-8,11,13,19H,9-10,12H2,1H3,(H,21,24)(H,22,23). The molecule has 7 heteroatoms. The first kappa shape index (κ1) is 19.1. The summed E-state index contributed by atoms with van der Waals surface area (Å²) in [6.07, 6.45) is -1.01. The highest BCUT2D eigenvalue weighted by atomic mass is 32.2. The van der Waals surface area contributed by atoms with Crippen LogP contribution < -0.4 is 14.8 Å². The Morgan fingerprint density at radius 3 is 2.59 bits per heavy atom. The minimum atomic E-state index is -0.797. The summed E-state index contributed by atoms with van der Waals surface area (Å²) in [5.41, 5.74) is 1.69. The van der Waals surface area contributed by atoms with Crippen molar-refractivity contribution in [1.29, 1.82) is 0 Å². The molecule has 1 amide bonds. The van der Waals surface area contributed by atoms with E-state index in [4.69, 9.17) is 14.6 Å². The first-order valence-corrected chi connectivity index (χ1v) is 9.80. The van der Waals surface area contributed by atoms with Crippen molar-refractivity contribution < 1.29 is 24.2 Å². The lowest BCUT2D eigenvalue weighted by atomic mass is 10.1. The van der Waals surface area contributed by atoms with E-state index in [1.165, 1.54) is 0 Å². The fourth-order valence-corrected chi connectivity index (χ4v) is 3.59. The Labute approximate surface area is 161 Å². The number of nitrogens with one attached hydrogen (secondary N) is 1. The molecule has 142 valence electrons. The molecule has 0 radical (unpaired) electrons. The Bertz CT molecular complexity index is 826. The fraction of sp³-hybridized carbons (Fsp3) is 0.300. The molecule has 0 fully saturated rings. The zero-order valence-corrected chi connectivity index (χ0v) is 15.7. The van der Waals surface area contributed by atoms with Crippen molar-refractivity contribution in [3.8, 4) is 11.5 Å². The number of thioether (sulfide) groups is 1. The van der Waals surface area contributed by atoms with Gasteiger partial charge < -0.3 is 19.9 Å². The van der Waals surface area contributed by atoms with Crippen LogP contribution in [-0.2, 0) is 15.3 Å². The summed E-state index contributed by atoms with van der Waals surface area (Å²) in [5, 5.41) is 11.6. The average Bonchev–Trinajstić information content (AvgIpc) is 2.65. The maximum atomic E-state index is 12.6. The minimum Gasteiger partial charge on any atom is -0.482 e. The van der Waals surface area contributed by atoms with Gasteiger partial charge in [-0.1, -0.05) is 24.3 Å². The molecule has 2 aromatic rings. The second-order valence-electron chi connectivity index (χ2n) is 6.19. The zero-order chi connectivity index (χ0) is 19.2. The lowest BCUT2D eigenvalue weighted by molar-refractivity contribution is -0.136. The van der Waals surface area contributed by atoms with Gasteiger partial charge in [-0.3, -0.25) is 9.59 Å². The number of amides is 1. The summed E-state index contributed by atoms with van der Waals surface area (Å²) in [6, 6.07) is 14.8. The van der Waals surface area contributed by atoms with Crippen molar-refractivity contribution in [2.45, 2.75) is 31.3 Å². The zero-order valence-electron chi connectivity index (χ0n) is 14.9. The molecule has 2 N–H and O–H groups in total. The van der Waals surface area contributed by atoms with Crippen LogP contribution in [0.15, 0.2) is 48.5 Å². The van der Waals surface area contributed by atoms with Gasteiger partial charge in [-0.2, -0.15) is 11.8 Å². The predicted molar refractivity (Wildman–Crippen MR) is 104 cm³/mol. The van der Waals surface area contributed by atoms with E-state index in [1.54, 1.807) is 24.8 Å². The third-order valence-corrected chi connectivity index (χ3v) is 5.05. The van der Waals surface area contributed by atoms with E-state index < -0.39 is 18.2 Å². The first-order valence-electron chi connectivity index (χ1n) is 8.64. The number of carbonyl (C=O) groups excluding carboxylic acids is 1. The third kappa shape index (κ3) is 5.17. The number of carboxylic acids is 1. The van der Waals surface area contributed by atoms with Gasteiger partial charge in [0.2, 0.25) is 6.10 Å². The van der Waals surface area contributed by atoms with Gasteiger partial charge in [0.15, 0.2) is 11.5 Å². The Morgan fingerprint density at radius 1 is 1.11 bits per heavy atom. The molecule has 0 saturated carbocycles. The number of para-hydroxylation sites is 2. The Balaban J connectivity index is 1.59. The van der Waals surface area contributed by atoms with E-state index in [0.29, 0.717) is 28.7 Å². The molecular weight excluding hydrogens is 366 g/mol. The summed E-state index contributed by atoms with van der Waals surface area (Å²) in [6.45, 7) is 1.80. The number of ether oxygens (including phenoxy) is 2. The third-order valence-electron chi connectivity index (χ3n) is 4.02. The SMILES string of the molecule is CC1Oc2ccccc2OC1C(=O)Nc1cccc(CSCCC(=O)O)c1. The van der Waals surface area contributed by atoms with Crippen LogP contribution in [0.3, 0.4) is 0 Å². The molecule has 2 atom stereocenters. The van der Waals surface area contributed by atoms with Crippen molar-refractivity contribution in [2.24, 2.45) is 0 Å². The van der Waals surface area contributed by atoms with Crippen molar-refractivity contribution in [2.75, 3.05) is 11.1 Å². The molecule has 2 unspecified atom stereocenters. The van der Waals surface area contributed by atoms with Gasteiger partial charge in [-0.25, -0.2) is 0 Å². The Morgan fingerprint density at radius 2 is 1.85 bits per heavy atom. The van der Waals surface area contributed by atoms with Gasteiger partial charge in [-0.05, 0) is 36.8 Å². The molecule has 1 heterocycles. The van der Waals surface area contributed by atoms with E-state index >= 15 is 0 Å². The lowest BCUT2D eigenvalue weighted by Gasteiger charge is -2.31. The molecule has 27 heavy (non-hydrogen) atoms. The molecule has 0 aromatic heterocycles. The second-order valence-corrected chi connectivity index (χ2v) is 7.30. The number of fused-ring (bicyclic) bond motifs is 1. The van der Waals surface area contributed by atoms with Crippen molar-refractivity contribution in [3.05, 3.63) is 54.1 Å². The van der Waals surface area contributed by atoms with Crippen LogP contribution in [0.1, 0.15) is 18.9 Å². The number of carboxylic acid groups (broad SMARTS) is 1. The maximum Gasteiger partial charge on any atom is 0.304 e. The van der Waals surface area contributed by atoms with Crippen LogP contribution in [0.5, 0.6) is 11.5 Å². The molecule has 0 saturated heterocycles. The van der Waals surface area contributed by atoms with Crippen molar-refractivity contribution >= 4 is 29.3 Å². The normalized spacial score (nSPS) is 18.0. The van der Waals surface area contributed by atoms with Gasteiger partial charge in [-0.15, -0.1) is 0 Å². The molecular formula is C20H21NO5S. The molecule has 1 aliphatic heterocycles. The molecule has 3 rings (SSSR count).